The van der Waals surface area contributed by atoms with Crippen LogP contribution in [0.3, 0.4) is 0 Å². The highest BCUT2D eigenvalue weighted by atomic mass is 16.3. The SMILES string of the molecule is N#Cc1cccc(C(O)C2=CCCCCC2)c1. The number of hydrogen-bond acceptors (Lipinski definition) is 2. The molecule has 17 heavy (non-hydrogen) atoms. The first kappa shape index (κ1) is 11.9. The molecule has 0 saturated heterocycles. The molecule has 2 rings (SSSR count). The van der Waals surface area contributed by atoms with Gasteiger partial charge in [0.1, 0.15) is 6.10 Å². The van der Waals surface area contributed by atoms with Gasteiger partial charge in [-0.25, -0.2) is 0 Å². The fourth-order valence-electron chi connectivity index (χ4n) is 2.28. The van der Waals surface area contributed by atoms with Crippen LogP contribution in [0.2, 0.25) is 0 Å². The molecule has 0 heterocycles. The molecular formula is C15H17NO. The van der Waals surface area contributed by atoms with Crippen LogP contribution in [0, 0.1) is 11.3 Å². The molecule has 0 aromatic heterocycles. The molecule has 1 aromatic carbocycles. The summed E-state index contributed by atoms with van der Waals surface area (Å²) in [4.78, 5) is 0. The Balaban J connectivity index is 2.20. The van der Waals surface area contributed by atoms with E-state index in [9.17, 15) is 5.11 Å². The van der Waals surface area contributed by atoms with Gasteiger partial charge in [0.05, 0.1) is 11.6 Å². The second-order valence-electron chi connectivity index (χ2n) is 4.52. The van der Waals surface area contributed by atoms with Crippen molar-refractivity contribution in [3.8, 4) is 6.07 Å². The average molecular weight is 227 g/mol. The van der Waals surface area contributed by atoms with E-state index in [1.165, 1.54) is 12.8 Å². The van der Waals surface area contributed by atoms with E-state index in [0.29, 0.717) is 5.56 Å². The standard InChI is InChI=1S/C15H17NO/c16-11-12-6-5-9-14(10-12)15(17)13-7-3-1-2-4-8-13/h5-7,9-10,15,17H,1-4,8H2. The molecule has 0 saturated carbocycles. The van der Waals surface area contributed by atoms with Gasteiger partial charge in [-0.1, -0.05) is 24.6 Å². The predicted octanol–water partition coefficient (Wildman–Crippen LogP) is 3.48. The lowest BCUT2D eigenvalue weighted by atomic mass is 9.97. The number of aliphatic hydroxyl groups excluding tert-OH is 1. The highest BCUT2D eigenvalue weighted by Crippen LogP contribution is 2.29. The number of nitriles is 1. The van der Waals surface area contributed by atoms with Crippen molar-refractivity contribution in [2.75, 3.05) is 0 Å². The zero-order chi connectivity index (χ0) is 12.1. The normalized spacial score (nSPS) is 17.8. The lowest BCUT2D eigenvalue weighted by Crippen LogP contribution is -2.01. The molecule has 1 N–H and O–H groups in total. The summed E-state index contributed by atoms with van der Waals surface area (Å²) in [5.41, 5.74) is 2.55. The average Bonchev–Trinajstić information content (AvgIpc) is 2.67. The van der Waals surface area contributed by atoms with Crippen LogP contribution in [0.5, 0.6) is 0 Å². The Bertz CT molecular complexity index is 456. The van der Waals surface area contributed by atoms with Crippen molar-refractivity contribution in [2.24, 2.45) is 0 Å². The van der Waals surface area contributed by atoms with Crippen LogP contribution in [-0.4, -0.2) is 5.11 Å². The molecule has 0 radical (unpaired) electrons. The highest BCUT2D eigenvalue weighted by Gasteiger charge is 2.14. The van der Waals surface area contributed by atoms with Crippen molar-refractivity contribution in [1.29, 1.82) is 5.26 Å². The first-order valence-electron chi connectivity index (χ1n) is 6.18. The van der Waals surface area contributed by atoms with E-state index in [2.05, 4.69) is 12.1 Å². The Hall–Kier alpha value is -1.59. The topological polar surface area (TPSA) is 44.0 Å². The number of rotatable bonds is 2. The maximum Gasteiger partial charge on any atom is 0.100 e. The molecule has 0 bridgehead atoms. The van der Waals surface area contributed by atoms with E-state index in [-0.39, 0.29) is 0 Å². The predicted molar refractivity (Wildman–Crippen MR) is 67.3 cm³/mol. The fraction of sp³-hybridized carbons (Fsp3) is 0.400. The highest BCUT2D eigenvalue weighted by molar-refractivity contribution is 5.36. The summed E-state index contributed by atoms with van der Waals surface area (Å²) in [6, 6.07) is 9.36. The van der Waals surface area contributed by atoms with Crippen molar-refractivity contribution in [1.82, 2.24) is 0 Å². The van der Waals surface area contributed by atoms with Crippen LogP contribution >= 0.6 is 0 Å². The monoisotopic (exact) mass is 227 g/mol. The summed E-state index contributed by atoms with van der Waals surface area (Å²) in [5, 5.41) is 19.2. The molecule has 1 unspecified atom stereocenters. The quantitative estimate of drug-likeness (QED) is 0.786. The van der Waals surface area contributed by atoms with Gasteiger partial charge in [-0.2, -0.15) is 5.26 Å². The third kappa shape index (κ3) is 2.95. The van der Waals surface area contributed by atoms with Crippen LogP contribution in [0.4, 0.5) is 0 Å². The number of benzene rings is 1. The van der Waals surface area contributed by atoms with Crippen LogP contribution in [0.1, 0.15) is 49.3 Å². The van der Waals surface area contributed by atoms with E-state index in [0.717, 1.165) is 30.4 Å². The van der Waals surface area contributed by atoms with E-state index in [1.54, 1.807) is 12.1 Å². The lowest BCUT2D eigenvalue weighted by molar-refractivity contribution is 0.210. The zero-order valence-corrected chi connectivity index (χ0v) is 9.89. The van der Waals surface area contributed by atoms with Crippen molar-refractivity contribution >= 4 is 0 Å². The molecule has 0 amide bonds. The van der Waals surface area contributed by atoms with Gasteiger partial charge in [-0.3, -0.25) is 0 Å². The van der Waals surface area contributed by atoms with Gasteiger partial charge in [-0.15, -0.1) is 0 Å². The Morgan fingerprint density at radius 3 is 2.94 bits per heavy atom. The number of allylic oxidation sites excluding steroid dienone is 1. The van der Waals surface area contributed by atoms with E-state index in [4.69, 9.17) is 5.26 Å². The van der Waals surface area contributed by atoms with Crippen LogP contribution < -0.4 is 0 Å². The van der Waals surface area contributed by atoms with Crippen molar-refractivity contribution in [3.05, 3.63) is 47.0 Å². The van der Waals surface area contributed by atoms with Gasteiger partial charge >= 0.3 is 0 Å². The molecular weight excluding hydrogens is 210 g/mol. The number of hydrogen-bond donors (Lipinski definition) is 1. The van der Waals surface area contributed by atoms with Crippen LogP contribution in [0.25, 0.3) is 0 Å². The van der Waals surface area contributed by atoms with Crippen molar-refractivity contribution < 1.29 is 5.11 Å². The Kier molecular flexibility index (Phi) is 3.95. The summed E-state index contributed by atoms with van der Waals surface area (Å²) in [6.45, 7) is 0. The Morgan fingerprint density at radius 2 is 2.12 bits per heavy atom. The van der Waals surface area contributed by atoms with E-state index < -0.39 is 6.10 Å². The van der Waals surface area contributed by atoms with Gasteiger partial charge in [-0.05, 0) is 49.0 Å². The molecule has 0 fully saturated rings. The summed E-state index contributed by atoms with van der Waals surface area (Å²) in [6.07, 6.45) is 7.26. The summed E-state index contributed by atoms with van der Waals surface area (Å²) >= 11 is 0. The third-order valence-corrected chi connectivity index (χ3v) is 3.26. The molecule has 2 nitrogen and oxygen atoms in total. The van der Waals surface area contributed by atoms with Crippen molar-refractivity contribution in [2.45, 2.75) is 38.2 Å². The Labute approximate surface area is 102 Å². The van der Waals surface area contributed by atoms with Crippen LogP contribution in [-0.2, 0) is 0 Å². The smallest absolute Gasteiger partial charge is 0.100 e. The summed E-state index contributed by atoms with van der Waals surface area (Å²) < 4.78 is 0. The third-order valence-electron chi connectivity index (χ3n) is 3.26. The molecule has 1 aliphatic carbocycles. The first-order chi connectivity index (χ1) is 8.31. The number of aliphatic hydroxyl groups is 1. The maximum atomic E-state index is 10.3. The van der Waals surface area contributed by atoms with E-state index in [1.807, 2.05) is 12.1 Å². The molecule has 1 aromatic rings. The molecule has 2 heteroatoms. The van der Waals surface area contributed by atoms with Gasteiger partial charge in [0.15, 0.2) is 0 Å². The molecule has 88 valence electrons. The molecule has 0 aliphatic heterocycles. The fourth-order valence-corrected chi connectivity index (χ4v) is 2.28. The molecule has 0 spiro atoms. The van der Waals surface area contributed by atoms with Crippen molar-refractivity contribution in [3.63, 3.8) is 0 Å². The van der Waals surface area contributed by atoms with Gasteiger partial charge in [0.2, 0.25) is 0 Å². The van der Waals surface area contributed by atoms with Gasteiger partial charge < -0.3 is 5.11 Å². The van der Waals surface area contributed by atoms with Crippen LogP contribution in [0.15, 0.2) is 35.9 Å². The Morgan fingerprint density at radius 1 is 1.24 bits per heavy atom. The minimum atomic E-state index is -0.540. The lowest BCUT2D eigenvalue weighted by Gasteiger charge is -2.14. The largest absolute Gasteiger partial charge is 0.384 e. The zero-order valence-electron chi connectivity index (χ0n) is 9.89. The second-order valence-corrected chi connectivity index (χ2v) is 4.52. The molecule has 1 atom stereocenters. The molecule has 1 aliphatic rings. The van der Waals surface area contributed by atoms with E-state index >= 15 is 0 Å². The van der Waals surface area contributed by atoms with Gasteiger partial charge in [0, 0.05) is 0 Å². The first-order valence-corrected chi connectivity index (χ1v) is 6.18. The maximum absolute atomic E-state index is 10.3. The van der Waals surface area contributed by atoms with Gasteiger partial charge in [0.25, 0.3) is 0 Å². The minimum absolute atomic E-state index is 0.540. The second kappa shape index (κ2) is 5.65. The summed E-state index contributed by atoms with van der Waals surface area (Å²) in [5.74, 6) is 0. The summed E-state index contributed by atoms with van der Waals surface area (Å²) in [7, 11) is 0. The minimum Gasteiger partial charge on any atom is -0.384 e. The number of nitrogens with zero attached hydrogens (tertiary/aromatic N) is 1.